The van der Waals surface area contributed by atoms with Gasteiger partial charge >= 0.3 is 0 Å². The van der Waals surface area contributed by atoms with Gasteiger partial charge in [0.1, 0.15) is 0 Å². The van der Waals surface area contributed by atoms with Crippen LogP contribution in [0.4, 0.5) is 0 Å². The van der Waals surface area contributed by atoms with Crippen molar-refractivity contribution in [2.75, 3.05) is 0 Å². The van der Waals surface area contributed by atoms with Crippen molar-refractivity contribution in [3.8, 4) is 0 Å². The Labute approximate surface area is 120 Å². The van der Waals surface area contributed by atoms with Gasteiger partial charge in [0.2, 0.25) is 0 Å². The zero-order chi connectivity index (χ0) is 14.4. The van der Waals surface area contributed by atoms with E-state index in [1.54, 1.807) is 5.56 Å². The molecule has 0 aliphatic rings. The van der Waals surface area contributed by atoms with Crippen molar-refractivity contribution >= 4 is 0 Å². The van der Waals surface area contributed by atoms with Crippen molar-refractivity contribution in [1.82, 2.24) is 0 Å². The normalized spacial score (nSPS) is 11.1. The van der Waals surface area contributed by atoms with E-state index in [2.05, 4.69) is 41.5 Å². The smallest absolute Gasteiger partial charge is 0.0273 e. The Kier molecular flexibility index (Phi) is 6.62. The number of rotatable bonds is 7. The van der Waals surface area contributed by atoms with Crippen LogP contribution in [0.2, 0.25) is 0 Å². The van der Waals surface area contributed by atoms with E-state index in [1.807, 2.05) is 0 Å². The monoisotopic (exact) mass is 259 g/mol. The molecular formula is C19H31. The number of hydrogen-bond donors (Lipinski definition) is 0. The molecule has 0 spiro atoms. The molecule has 0 saturated carbocycles. The summed E-state index contributed by atoms with van der Waals surface area (Å²) < 4.78 is 0. The molecule has 19 heavy (non-hydrogen) atoms. The summed E-state index contributed by atoms with van der Waals surface area (Å²) in [6, 6.07) is 0. The molecule has 0 unspecified atom stereocenters. The second-order valence-electron chi connectivity index (χ2n) is 5.97. The summed E-state index contributed by atoms with van der Waals surface area (Å²) in [6.07, 6.45) is 9.07. The van der Waals surface area contributed by atoms with E-state index >= 15 is 0 Å². The van der Waals surface area contributed by atoms with E-state index in [9.17, 15) is 0 Å². The van der Waals surface area contributed by atoms with Gasteiger partial charge in [0.25, 0.3) is 0 Å². The quantitative estimate of drug-likeness (QED) is 0.531. The molecule has 107 valence electrons. The van der Waals surface area contributed by atoms with Crippen molar-refractivity contribution in [3.63, 3.8) is 0 Å². The van der Waals surface area contributed by atoms with Crippen molar-refractivity contribution in [1.29, 1.82) is 0 Å². The molecule has 1 radical (unpaired) electrons. The average Bonchev–Trinajstić information content (AvgIpc) is 2.41. The summed E-state index contributed by atoms with van der Waals surface area (Å²) >= 11 is 0. The predicted octanol–water partition coefficient (Wildman–Crippen LogP) is 5.95. The van der Waals surface area contributed by atoms with Crippen LogP contribution in [0, 0.1) is 41.5 Å². The van der Waals surface area contributed by atoms with Gasteiger partial charge in [-0.2, -0.15) is 0 Å². The first-order valence-electron chi connectivity index (χ1n) is 7.85. The maximum absolute atomic E-state index is 3.90. The SMILES string of the molecule is [CH2]CCCCCCCc1c(C)c(C)c(C)c(C)c1C. The van der Waals surface area contributed by atoms with E-state index in [4.69, 9.17) is 0 Å². The van der Waals surface area contributed by atoms with Gasteiger partial charge in [0.15, 0.2) is 0 Å². The van der Waals surface area contributed by atoms with Crippen molar-refractivity contribution in [3.05, 3.63) is 40.3 Å². The Morgan fingerprint density at radius 3 is 1.53 bits per heavy atom. The first-order chi connectivity index (χ1) is 9.00. The molecule has 0 amide bonds. The van der Waals surface area contributed by atoms with Crippen LogP contribution in [0.5, 0.6) is 0 Å². The van der Waals surface area contributed by atoms with Gasteiger partial charge in [0, 0.05) is 0 Å². The van der Waals surface area contributed by atoms with Crippen molar-refractivity contribution in [2.45, 2.75) is 79.6 Å². The lowest BCUT2D eigenvalue weighted by atomic mass is 9.87. The molecule has 1 aromatic rings. The fraction of sp³-hybridized carbons (Fsp3) is 0.632. The lowest BCUT2D eigenvalue weighted by Gasteiger charge is -2.18. The van der Waals surface area contributed by atoms with Crippen LogP contribution in [-0.2, 0) is 6.42 Å². The summed E-state index contributed by atoms with van der Waals surface area (Å²) in [7, 11) is 0. The second-order valence-corrected chi connectivity index (χ2v) is 5.97. The zero-order valence-corrected chi connectivity index (χ0v) is 13.7. The molecule has 0 aliphatic heterocycles. The minimum atomic E-state index is 1.09. The zero-order valence-electron chi connectivity index (χ0n) is 13.7. The summed E-state index contributed by atoms with van der Waals surface area (Å²) in [6.45, 7) is 15.3. The van der Waals surface area contributed by atoms with Gasteiger partial charge in [-0.05, 0) is 80.8 Å². The third-order valence-electron chi connectivity index (χ3n) is 4.83. The molecule has 0 fully saturated rings. The van der Waals surface area contributed by atoms with Crippen molar-refractivity contribution < 1.29 is 0 Å². The molecule has 0 aromatic heterocycles. The van der Waals surface area contributed by atoms with Crippen LogP contribution in [0.15, 0.2) is 0 Å². The standard InChI is InChI=1S/C19H31/c1-7-8-9-10-11-12-13-19-17(5)15(3)14(2)16(4)18(19)6/h1,7-13H2,2-6H3. The lowest BCUT2D eigenvalue weighted by Crippen LogP contribution is -2.03. The van der Waals surface area contributed by atoms with Crippen LogP contribution < -0.4 is 0 Å². The third kappa shape index (κ3) is 4.09. The average molecular weight is 259 g/mol. The van der Waals surface area contributed by atoms with Gasteiger partial charge in [-0.3, -0.25) is 0 Å². The van der Waals surface area contributed by atoms with E-state index in [0.29, 0.717) is 0 Å². The van der Waals surface area contributed by atoms with Gasteiger partial charge in [0.05, 0.1) is 0 Å². The molecule has 1 rings (SSSR count). The Morgan fingerprint density at radius 1 is 0.579 bits per heavy atom. The third-order valence-corrected chi connectivity index (χ3v) is 4.83. The van der Waals surface area contributed by atoms with Crippen LogP contribution in [0.1, 0.15) is 71.9 Å². The molecule has 0 saturated heterocycles. The van der Waals surface area contributed by atoms with Gasteiger partial charge in [-0.15, -0.1) is 0 Å². The van der Waals surface area contributed by atoms with Crippen LogP contribution in [0.25, 0.3) is 0 Å². The first-order valence-corrected chi connectivity index (χ1v) is 7.85. The molecule has 0 bridgehead atoms. The number of benzene rings is 1. The summed E-state index contributed by atoms with van der Waals surface area (Å²) in [4.78, 5) is 0. The summed E-state index contributed by atoms with van der Waals surface area (Å²) in [5.41, 5.74) is 9.13. The van der Waals surface area contributed by atoms with Crippen LogP contribution >= 0.6 is 0 Å². The fourth-order valence-electron chi connectivity index (χ4n) is 2.96. The molecule has 0 N–H and O–H groups in total. The maximum atomic E-state index is 3.90. The highest BCUT2D eigenvalue weighted by Gasteiger charge is 2.11. The highest BCUT2D eigenvalue weighted by Crippen LogP contribution is 2.27. The van der Waals surface area contributed by atoms with Crippen LogP contribution in [-0.4, -0.2) is 0 Å². The Morgan fingerprint density at radius 2 is 1.00 bits per heavy atom. The fourth-order valence-corrected chi connectivity index (χ4v) is 2.96. The lowest BCUT2D eigenvalue weighted by molar-refractivity contribution is 0.615. The predicted molar refractivity (Wildman–Crippen MR) is 86.9 cm³/mol. The molecule has 0 heteroatoms. The van der Waals surface area contributed by atoms with Crippen molar-refractivity contribution in [2.24, 2.45) is 0 Å². The molecule has 1 aromatic carbocycles. The summed E-state index contributed by atoms with van der Waals surface area (Å²) in [5.74, 6) is 0. The topological polar surface area (TPSA) is 0 Å². The van der Waals surface area contributed by atoms with E-state index in [0.717, 1.165) is 6.42 Å². The van der Waals surface area contributed by atoms with E-state index in [-0.39, 0.29) is 0 Å². The van der Waals surface area contributed by atoms with E-state index < -0.39 is 0 Å². The second kappa shape index (κ2) is 7.72. The molecular weight excluding hydrogens is 228 g/mol. The van der Waals surface area contributed by atoms with E-state index in [1.165, 1.54) is 66.3 Å². The van der Waals surface area contributed by atoms with Gasteiger partial charge in [-0.1, -0.05) is 39.0 Å². The minimum Gasteiger partial charge on any atom is -0.0533 e. The number of unbranched alkanes of at least 4 members (excludes halogenated alkanes) is 5. The van der Waals surface area contributed by atoms with Gasteiger partial charge < -0.3 is 0 Å². The molecule has 0 atom stereocenters. The number of hydrogen-bond acceptors (Lipinski definition) is 0. The summed E-state index contributed by atoms with van der Waals surface area (Å²) in [5, 5.41) is 0. The highest BCUT2D eigenvalue weighted by atomic mass is 14.2. The largest absolute Gasteiger partial charge is 0.0533 e. The Hall–Kier alpha value is -0.780. The minimum absolute atomic E-state index is 1.09. The molecule has 0 aliphatic carbocycles. The Bertz CT molecular complexity index is 384. The molecule has 0 heterocycles. The highest BCUT2D eigenvalue weighted by molar-refractivity contribution is 5.49. The Balaban J connectivity index is 2.64. The molecule has 0 nitrogen and oxygen atoms in total. The maximum Gasteiger partial charge on any atom is -0.0273 e. The first kappa shape index (κ1) is 16.3. The van der Waals surface area contributed by atoms with Gasteiger partial charge in [-0.25, -0.2) is 0 Å². The van der Waals surface area contributed by atoms with Crippen LogP contribution in [0.3, 0.4) is 0 Å².